The maximum atomic E-state index is 12.3. The van der Waals surface area contributed by atoms with Gasteiger partial charge in [0.25, 0.3) is 0 Å². The minimum atomic E-state index is -0.0331. The lowest BCUT2D eigenvalue weighted by Crippen LogP contribution is -2.32. The molecule has 1 amide bonds. The predicted molar refractivity (Wildman–Crippen MR) is 97.9 cm³/mol. The van der Waals surface area contributed by atoms with Crippen molar-refractivity contribution in [3.05, 3.63) is 52.8 Å². The smallest absolute Gasteiger partial charge is 0.316 e. The molecular weight excluding hydrogens is 390 g/mol. The van der Waals surface area contributed by atoms with Crippen LogP contribution in [0.4, 0.5) is 0 Å². The van der Waals surface area contributed by atoms with E-state index in [1.807, 2.05) is 23.1 Å². The van der Waals surface area contributed by atoms with Gasteiger partial charge in [0.2, 0.25) is 5.91 Å². The minimum absolute atomic E-state index is 0.0331. The van der Waals surface area contributed by atoms with Crippen LogP contribution in [0.3, 0.4) is 0 Å². The zero-order valence-corrected chi connectivity index (χ0v) is 15.5. The summed E-state index contributed by atoms with van der Waals surface area (Å²) in [4.78, 5) is 22.4. The molecule has 0 saturated carbocycles. The van der Waals surface area contributed by atoms with Crippen LogP contribution in [0, 0.1) is 0 Å². The normalized spacial score (nSPS) is 17.0. The Hall–Kier alpha value is -1.60. The van der Waals surface area contributed by atoms with Crippen molar-refractivity contribution >= 4 is 33.6 Å². The number of hydrogen-bond donors (Lipinski definition) is 0. The lowest BCUT2D eigenvalue weighted by atomic mass is 10.2. The number of nitrogens with zero attached hydrogens (tertiary/aromatic N) is 3. The molecule has 7 heteroatoms. The van der Waals surface area contributed by atoms with Crippen molar-refractivity contribution in [1.29, 1.82) is 0 Å². The van der Waals surface area contributed by atoms with E-state index in [-0.39, 0.29) is 12.0 Å². The van der Waals surface area contributed by atoms with Crippen molar-refractivity contribution in [2.45, 2.75) is 18.3 Å². The SMILES string of the molecule is O=C(CSCc1ccccc1)N1CC[C@H](Oc2ncc(Br)cn2)C1. The summed E-state index contributed by atoms with van der Waals surface area (Å²) >= 11 is 4.94. The van der Waals surface area contributed by atoms with E-state index >= 15 is 0 Å². The highest BCUT2D eigenvalue weighted by Crippen LogP contribution is 2.18. The number of likely N-dealkylation sites (tertiary alicyclic amines) is 1. The maximum absolute atomic E-state index is 12.3. The van der Waals surface area contributed by atoms with Crippen LogP contribution in [-0.4, -0.2) is 45.7 Å². The first-order chi connectivity index (χ1) is 11.7. The molecule has 2 heterocycles. The molecule has 0 radical (unpaired) electrons. The van der Waals surface area contributed by atoms with Crippen molar-refractivity contribution < 1.29 is 9.53 Å². The van der Waals surface area contributed by atoms with Gasteiger partial charge in [-0.25, -0.2) is 9.97 Å². The second-order valence-corrected chi connectivity index (χ2v) is 7.43. The molecule has 3 rings (SSSR count). The number of carbonyl (C=O) groups is 1. The molecular formula is C17H18BrN3O2S. The Balaban J connectivity index is 1.41. The number of carbonyl (C=O) groups excluding carboxylic acids is 1. The summed E-state index contributed by atoms with van der Waals surface area (Å²) in [5.74, 6) is 1.52. The molecule has 5 nitrogen and oxygen atoms in total. The number of amides is 1. The Bertz CT molecular complexity index is 669. The molecule has 0 unspecified atom stereocenters. The molecule has 1 aliphatic heterocycles. The van der Waals surface area contributed by atoms with Gasteiger partial charge in [-0.15, -0.1) is 11.8 Å². The van der Waals surface area contributed by atoms with Crippen LogP contribution in [-0.2, 0) is 10.5 Å². The van der Waals surface area contributed by atoms with Crippen molar-refractivity contribution in [2.75, 3.05) is 18.8 Å². The second-order valence-electron chi connectivity index (χ2n) is 5.53. The molecule has 0 aliphatic carbocycles. The van der Waals surface area contributed by atoms with Gasteiger partial charge < -0.3 is 9.64 Å². The number of thioether (sulfide) groups is 1. The third-order valence-corrected chi connectivity index (χ3v) is 5.10. The number of hydrogen-bond acceptors (Lipinski definition) is 5. The number of rotatable bonds is 6. The summed E-state index contributed by atoms with van der Waals surface area (Å²) in [5.41, 5.74) is 1.24. The van der Waals surface area contributed by atoms with Crippen LogP contribution >= 0.6 is 27.7 Å². The molecule has 126 valence electrons. The Morgan fingerprint density at radius 2 is 2.04 bits per heavy atom. The van der Waals surface area contributed by atoms with Gasteiger partial charge in [-0.05, 0) is 21.5 Å². The summed E-state index contributed by atoms with van der Waals surface area (Å²) in [5, 5.41) is 0. The van der Waals surface area contributed by atoms with Crippen LogP contribution in [0.25, 0.3) is 0 Å². The zero-order chi connectivity index (χ0) is 16.8. The molecule has 1 aromatic heterocycles. The van der Waals surface area contributed by atoms with Gasteiger partial charge in [0.15, 0.2) is 0 Å². The van der Waals surface area contributed by atoms with E-state index < -0.39 is 0 Å². The highest BCUT2D eigenvalue weighted by molar-refractivity contribution is 9.10. The largest absolute Gasteiger partial charge is 0.458 e. The fourth-order valence-corrected chi connectivity index (χ4v) is 3.58. The van der Waals surface area contributed by atoms with Gasteiger partial charge in [0.05, 0.1) is 16.8 Å². The molecule has 24 heavy (non-hydrogen) atoms. The number of halogens is 1. The summed E-state index contributed by atoms with van der Waals surface area (Å²) in [6.45, 7) is 1.33. The fraction of sp³-hybridized carbons (Fsp3) is 0.353. The minimum Gasteiger partial charge on any atom is -0.458 e. The Labute approximate surface area is 154 Å². The standard InChI is InChI=1S/C17H18BrN3O2S/c18-14-8-19-17(20-9-14)23-15-6-7-21(10-15)16(22)12-24-11-13-4-2-1-3-5-13/h1-5,8-9,15H,6-7,10-12H2/t15-/m0/s1. The average Bonchev–Trinajstić information content (AvgIpc) is 3.06. The number of benzene rings is 1. The quantitative estimate of drug-likeness (QED) is 0.735. The monoisotopic (exact) mass is 407 g/mol. The van der Waals surface area contributed by atoms with E-state index in [0.717, 1.165) is 23.2 Å². The summed E-state index contributed by atoms with van der Waals surface area (Å²) in [6.07, 6.45) is 4.09. The van der Waals surface area contributed by atoms with Gasteiger partial charge in [-0.1, -0.05) is 30.3 Å². The summed E-state index contributed by atoms with van der Waals surface area (Å²) < 4.78 is 6.55. The first kappa shape index (κ1) is 17.2. The zero-order valence-electron chi connectivity index (χ0n) is 13.1. The summed E-state index contributed by atoms with van der Waals surface area (Å²) in [6, 6.07) is 10.6. The third kappa shape index (κ3) is 4.95. The van der Waals surface area contributed by atoms with Crippen LogP contribution < -0.4 is 4.74 Å². The van der Waals surface area contributed by atoms with E-state index in [2.05, 4.69) is 38.0 Å². The van der Waals surface area contributed by atoms with Crippen molar-refractivity contribution in [2.24, 2.45) is 0 Å². The van der Waals surface area contributed by atoms with E-state index in [9.17, 15) is 4.79 Å². The Kier molecular flexibility index (Phi) is 6.09. The highest BCUT2D eigenvalue weighted by atomic mass is 79.9. The molecule has 0 spiro atoms. The molecule has 1 atom stereocenters. The van der Waals surface area contributed by atoms with E-state index in [1.54, 1.807) is 24.2 Å². The van der Waals surface area contributed by atoms with Gasteiger partial charge in [0, 0.05) is 31.1 Å². The van der Waals surface area contributed by atoms with Crippen molar-refractivity contribution in [3.8, 4) is 6.01 Å². The van der Waals surface area contributed by atoms with Crippen LogP contribution in [0.5, 0.6) is 6.01 Å². The number of ether oxygens (including phenoxy) is 1. The molecule has 1 aromatic carbocycles. The second kappa shape index (κ2) is 8.48. The first-order valence-electron chi connectivity index (χ1n) is 7.74. The van der Waals surface area contributed by atoms with E-state index in [0.29, 0.717) is 18.3 Å². The van der Waals surface area contributed by atoms with Gasteiger partial charge in [-0.2, -0.15) is 0 Å². The van der Waals surface area contributed by atoms with Crippen LogP contribution in [0.15, 0.2) is 47.2 Å². The highest BCUT2D eigenvalue weighted by Gasteiger charge is 2.27. The Morgan fingerprint density at radius 1 is 1.29 bits per heavy atom. The predicted octanol–water partition coefficient (Wildman–Crippen LogP) is 3.15. The molecule has 1 saturated heterocycles. The van der Waals surface area contributed by atoms with Crippen molar-refractivity contribution in [1.82, 2.24) is 14.9 Å². The maximum Gasteiger partial charge on any atom is 0.316 e. The molecule has 2 aromatic rings. The van der Waals surface area contributed by atoms with Gasteiger partial charge >= 0.3 is 6.01 Å². The Morgan fingerprint density at radius 3 is 2.79 bits per heavy atom. The van der Waals surface area contributed by atoms with Crippen LogP contribution in [0.2, 0.25) is 0 Å². The van der Waals surface area contributed by atoms with Gasteiger partial charge in [-0.3, -0.25) is 4.79 Å². The number of aromatic nitrogens is 2. The summed E-state index contributed by atoms with van der Waals surface area (Å²) in [7, 11) is 0. The average molecular weight is 408 g/mol. The lowest BCUT2D eigenvalue weighted by Gasteiger charge is -2.16. The first-order valence-corrected chi connectivity index (χ1v) is 9.69. The third-order valence-electron chi connectivity index (χ3n) is 3.70. The van der Waals surface area contributed by atoms with Crippen LogP contribution in [0.1, 0.15) is 12.0 Å². The molecule has 0 bridgehead atoms. The van der Waals surface area contributed by atoms with Gasteiger partial charge in [0.1, 0.15) is 6.10 Å². The topological polar surface area (TPSA) is 55.3 Å². The van der Waals surface area contributed by atoms with E-state index in [1.165, 1.54) is 5.56 Å². The molecule has 0 N–H and O–H groups in total. The lowest BCUT2D eigenvalue weighted by molar-refractivity contribution is -0.127. The van der Waals surface area contributed by atoms with Crippen molar-refractivity contribution in [3.63, 3.8) is 0 Å². The molecule has 1 aliphatic rings. The van der Waals surface area contributed by atoms with E-state index in [4.69, 9.17) is 4.74 Å². The molecule has 1 fully saturated rings. The fourth-order valence-electron chi connectivity index (χ4n) is 2.48.